The van der Waals surface area contributed by atoms with E-state index in [1.807, 2.05) is 36.4 Å². The van der Waals surface area contributed by atoms with Gasteiger partial charge in [-0.05, 0) is 45.3 Å². The molecule has 3 aromatic rings. The minimum Gasteiger partial charge on any atom is -0.455 e. The number of hydrogen-bond donors (Lipinski definition) is 0. The molecule has 118 valence electrons. The van der Waals surface area contributed by atoms with Gasteiger partial charge in [0.05, 0.1) is 16.2 Å². The summed E-state index contributed by atoms with van der Waals surface area (Å²) in [7, 11) is -0.427. The predicted octanol–water partition coefficient (Wildman–Crippen LogP) is 4.54. The molecule has 0 saturated carbocycles. The summed E-state index contributed by atoms with van der Waals surface area (Å²) in [5, 5.41) is 2.60. The molecule has 0 aliphatic carbocycles. The van der Waals surface area contributed by atoms with E-state index < -0.39 is 7.12 Å². The van der Waals surface area contributed by atoms with E-state index in [0.29, 0.717) is 10.6 Å². The molecular weight excluding hydrogens is 310 g/mol. The van der Waals surface area contributed by atoms with Crippen LogP contribution in [-0.4, -0.2) is 18.3 Å². The fraction of sp³-hybridized carbons (Fsp3) is 0.333. The van der Waals surface area contributed by atoms with Gasteiger partial charge in [0.1, 0.15) is 5.58 Å². The lowest BCUT2D eigenvalue weighted by atomic mass is 9.76. The van der Waals surface area contributed by atoms with Gasteiger partial charge in [-0.3, -0.25) is 0 Å². The summed E-state index contributed by atoms with van der Waals surface area (Å²) in [6, 6.07) is 11.7. The molecule has 1 aromatic heterocycles. The highest BCUT2D eigenvalue weighted by atomic mass is 35.5. The topological polar surface area (TPSA) is 31.6 Å². The summed E-state index contributed by atoms with van der Waals surface area (Å²) >= 11 is 6.27. The van der Waals surface area contributed by atoms with Gasteiger partial charge in [0, 0.05) is 10.8 Å². The van der Waals surface area contributed by atoms with E-state index >= 15 is 0 Å². The molecule has 23 heavy (non-hydrogen) atoms. The van der Waals surface area contributed by atoms with Crippen LogP contribution >= 0.6 is 11.6 Å². The quantitative estimate of drug-likeness (QED) is 0.615. The van der Waals surface area contributed by atoms with Gasteiger partial charge in [0.2, 0.25) is 0 Å². The van der Waals surface area contributed by atoms with Crippen LogP contribution in [0.4, 0.5) is 0 Å². The second-order valence-electron chi connectivity index (χ2n) is 7.03. The van der Waals surface area contributed by atoms with Crippen LogP contribution in [-0.2, 0) is 9.31 Å². The molecule has 0 spiro atoms. The maximum atomic E-state index is 6.27. The minimum absolute atomic E-state index is 0.378. The number of benzene rings is 2. The van der Waals surface area contributed by atoms with E-state index in [2.05, 4.69) is 27.7 Å². The number of furan rings is 1. The average Bonchev–Trinajstić information content (AvgIpc) is 2.95. The average molecular weight is 329 g/mol. The van der Waals surface area contributed by atoms with Gasteiger partial charge in [0.15, 0.2) is 5.58 Å². The summed E-state index contributed by atoms with van der Waals surface area (Å²) in [4.78, 5) is 0. The van der Waals surface area contributed by atoms with Crippen molar-refractivity contribution in [3.8, 4) is 0 Å². The molecule has 1 saturated heterocycles. The Morgan fingerprint density at radius 2 is 1.57 bits per heavy atom. The summed E-state index contributed by atoms with van der Waals surface area (Å²) < 4.78 is 18.4. The Kier molecular flexibility index (Phi) is 3.12. The molecule has 0 amide bonds. The van der Waals surface area contributed by atoms with Crippen LogP contribution in [0.5, 0.6) is 0 Å². The molecule has 1 fully saturated rings. The first-order valence-electron chi connectivity index (χ1n) is 7.75. The monoisotopic (exact) mass is 328 g/mol. The van der Waals surface area contributed by atoms with E-state index in [1.165, 1.54) is 0 Å². The Balaban J connectivity index is 1.95. The first-order chi connectivity index (χ1) is 10.8. The fourth-order valence-corrected chi connectivity index (χ4v) is 3.22. The zero-order valence-electron chi connectivity index (χ0n) is 13.6. The Labute approximate surface area is 140 Å². The zero-order valence-corrected chi connectivity index (χ0v) is 14.4. The lowest BCUT2D eigenvalue weighted by molar-refractivity contribution is 0.00578. The third-order valence-corrected chi connectivity index (χ3v) is 5.31. The first-order valence-corrected chi connectivity index (χ1v) is 8.13. The highest BCUT2D eigenvalue weighted by molar-refractivity contribution is 6.66. The summed E-state index contributed by atoms with van der Waals surface area (Å²) in [5.41, 5.74) is 1.71. The maximum Gasteiger partial charge on any atom is 0.495 e. The molecule has 0 N–H and O–H groups in total. The van der Waals surface area contributed by atoms with Gasteiger partial charge in [-0.1, -0.05) is 35.9 Å². The lowest BCUT2D eigenvalue weighted by Gasteiger charge is -2.32. The van der Waals surface area contributed by atoms with E-state index in [-0.39, 0.29) is 11.2 Å². The minimum atomic E-state index is -0.427. The van der Waals surface area contributed by atoms with Crippen molar-refractivity contribution in [3.05, 3.63) is 41.4 Å². The van der Waals surface area contributed by atoms with Crippen LogP contribution in [0.2, 0.25) is 5.02 Å². The SMILES string of the molecule is CC1(C)OB(c2cccc3oc4c(Cl)cccc4c23)OC1(C)C. The van der Waals surface area contributed by atoms with Gasteiger partial charge >= 0.3 is 7.12 Å². The molecule has 0 radical (unpaired) electrons. The van der Waals surface area contributed by atoms with Gasteiger partial charge in [-0.15, -0.1) is 0 Å². The van der Waals surface area contributed by atoms with Crippen molar-refractivity contribution in [2.24, 2.45) is 0 Å². The highest BCUT2D eigenvalue weighted by Gasteiger charge is 2.52. The molecule has 1 aliphatic rings. The van der Waals surface area contributed by atoms with E-state index in [1.54, 1.807) is 0 Å². The van der Waals surface area contributed by atoms with Crippen LogP contribution in [0.25, 0.3) is 21.9 Å². The summed E-state index contributed by atoms with van der Waals surface area (Å²) in [6.45, 7) is 8.21. The van der Waals surface area contributed by atoms with Crippen molar-refractivity contribution in [1.82, 2.24) is 0 Å². The molecule has 2 aromatic carbocycles. The fourth-order valence-electron chi connectivity index (χ4n) is 3.01. The Morgan fingerprint density at radius 3 is 2.26 bits per heavy atom. The normalized spacial score (nSPS) is 19.8. The number of fused-ring (bicyclic) bond motifs is 3. The molecule has 5 heteroatoms. The molecule has 0 bridgehead atoms. The van der Waals surface area contributed by atoms with Crippen LogP contribution in [0, 0.1) is 0 Å². The molecule has 0 unspecified atom stereocenters. The molecule has 3 nitrogen and oxygen atoms in total. The van der Waals surface area contributed by atoms with Gasteiger partial charge in [-0.2, -0.15) is 0 Å². The van der Waals surface area contributed by atoms with Crippen LogP contribution in [0.3, 0.4) is 0 Å². The number of hydrogen-bond acceptors (Lipinski definition) is 3. The van der Waals surface area contributed by atoms with Gasteiger partial charge in [0.25, 0.3) is 0 Å². The second-order valence-corrected chi connectivity index (χ2v) is 7.43. The third-order valence-electron chi connectivity index (χ3n) is 5.01. The number of halogens is 1. The van der Waals surface area contributed by atoms with Crippen molar-refractivity contribution < 1.29 is 13.7 Å². The number of para-hydroxylation sites is 1. The van der Waals surface area contributed by atoms with Gasteiger partial charge in [-0.25, -0.2) is 0 Å². The van der Waals surface area contributed by atoms with Crippen LogP contribution < -0.4 is 5.46 Å². The molecule has 0 atom stereocenters. The smallest absolute Gasteiger partial charge is 0.455 e. The lowest BCUT2D eigenvalue weighted by Crippen LogP contribution is -2.41. The molecule has 4 rings (SSSR count). The van der Waals surface area contributed by atoms with Crippen molar-refractivity contribution in [2.75, 3.05) is 0 Å². The molecular formula is C18H18BClO3. The van der Waals surface area contributed by atoms with E-state index in [0.717, 1.165) is 21.8 Å². The van der Waals surface area contributed by atoms with Crippen molar-refractivity contribution in [1.29, 1.82) is 0 Å². The Morgan fingerprint density at radius 1 is 0.913 bits per heavy atom. The van der Waals surface area contributed by atoms with Gasteiger partial charge < -0.3 is 13.7 Å². The van der Waals surface area contributed by atoms with E-state index in [4.69, 9.17) is 25.3 Å². The largest absolute Gasteiger partial charge is 0.495 e. The Hall–Kier alpha value is -1.49. The van der Waals surface area contributed by atoms with Crippen LogP contribution in [0.1, 0.15) is 27.7 Å². The second kappa shape index (κ2) is 4.76. The van der Waals surface area contributed by atoms with Crippen molar-refractivity contribution in [2.45, 2.75) is 38.9 Å². The standard InChI is InChI=1S/C18H18BClO3/c1-17(2)18(3,4)23-19(22-17)12-8-6-10-14-15(12)11-7-5-9-13(20)16(11)21-14/h5-10H,1-4H3. The molecule has 2 heterocycles. The molecule has 1 aliphatic heterocycles. The maximum absolute atomic E-state index is 6.27. The zero-order chi connectivity index (χ0) is 16.4. The Bertz CT molecular complexity index is 897. The first kappa shape index (κ1) is 15.1. The number of rotatable bonds is 1. The highest BCUT2D eigenvalue weighted by Crippen LogP contribution is 2.38. The van der Waals surface area contributed by atoms with Crippen molar-refractivity contribution in [3.63, 3.8) is 0 Å². The predicted molar refractivity (Wildman–Crippen MR) is 94.4 cm³/mol. The van der Waals surface area contributed by atoms with E-state index in [9.17, 15) is 0 Å². The summed E-state index contributed by atoms with van der Waals surface area (Å²) in [5.74, 6) is 0. The van der Waals surface area contributed by atoms with Crippen molar-refractivity contribution >= 4 is 46.1 Å². The summed E-state index contributed by atoms with van der Waals surface area (Å²) in [6.07, 6.45) is 0. The van der Waals surface area contributed by atoms with Crippen LogP contribution in [0.15, 0.2) is 40.8 Å². The third kappa shape index (κ3) is 2.13.